The van der Waals surface area contributed by atoms with Crippen LogP contribution in [0.25, 0.3) is 0 Å². The molecule has 0 bridgehead atoms. The summed E-state index contributed by atoms with van der Waals surface area (Å²) in [6, 6.07) is 8.32. The second-order valence-electron chi connectivity index (χ2n) is 6.80. The van der Waals surface area contributed by atoms with E-state index in [1.807, 2.05) is 24.3 Å². The van der Waals surface area contributed by atoms with Gasteiger partial charge in [0.15, 0.2) is 15.8 Å². The third-order valence-corrected chi connectivity index (χ3v) is 6.53. The largest absolute Gasteiger partial charge is 0.354 e. The zero-order valence-electron chi connectivity index (χ0n) is 13.8. The van der Waals surface area contributed by atoms with Crippen LogP contribution in [0, 0.1) is 5.92 Å². The number of aliphatic imine (C=N–C) groups is 1. The fourth-order valence-corrected chi connectivity index (χ4v) is 4.90. The van der Waals surface area contributed by atoms with E-state index in [9.17, 15) is 8.42 Å². The Morgan fingerprint density at radius 3 is 2.79 bits per heavy atom. The Bertz CT molecular complexity index is 716. The number of hydrogen-bond donors (Lipinski definition) is 2. The number of hydrogen-bond acceptors (Lipinski definition) is 3. The lowest BCUT2D eigenvalue weighted by Gasteiger charge is -2.19. The van der Waals surface area contributed by atoms with E-state index in [1.165, 1.54) is 0 Å². The molecule has 0 aromatic heterocycles. The van der Waals surface area contributed by atoms with Crippen molar-refractivity contribution in [1.82, 2.24) is 10.6 Å². The second-order valence-corrected chi connectivity index (χ2v) is 9.46. The fourth-order valence-electron chi connectivity index (χ4n) is 2.85. The maximum Gasteiger partial charge on any atom is 0.191 e. The second kappa shape index (κ2) is 7.31. The van der Waals surface area contributed by atoms with Crippen LogP contribution >= 0.6 is 11.6 Å². The summed E-state index contributed by atoms with van der Waals surface area (Å²) in [7, 11) is -2.85. The van der Waals surface area contributed by atoms with Gasteiger partial charge in [-0.3, -0.25) is 4.99 Å². The van der Waals surface area contributed by atoms with Gasteiger partial charge in [-0.25, -0.2) is 8.42 Å². The van der Waals surface area contributed by atoms with E-state index in [1.54, 1.807) is 0 Å². The van der Waals surface area contributed by atoms with Crippen molar-refractivity contribution in [2.75, 3.05) is 18.1 Å². The number of halogens is 1. The van der Waals surface area contributed by atoms with Gasteiger partial charge >= 0.3 is 0 Å². The molecule has 1 aromatic carbocycles. The first-order valence-corrected chi connectivity index (χ1v) is 10.6. The van der Waals surface area contributed by atoms with Gasteiger partial charge in [-0.05, 0) is 49.8 Å². The van der Waals surface area contributed by atoms with Crippen LogP contribution in [0.5, 0.6) is 0 Å². The number of rotatable bonds is 5. The molecule has 7 heteroatoms. The Morgan fingerprint density at radius 2 is 2.17 bits per heavy atom. The highest BCUT2D eigenvalue weighted by Gasteiger charge is 2.28. The van der Waals surface area contributed by atoms with Crippen molar-refractivity contribution in [2.24, 2.45) is 10.9 Å². The first-order chi connectivity index (χ1) is 11.4. The van der Waals surface area contributed by atoms with Crippen molar-refractivity contribution in [3.05, 3.63) is 34.9 Å². The Labute approximate surface area is 148 Å². The van der Waals surface area contributed by atoms with Gasteiger partial charge < -0.3 is 10.6 Å². The third-order valence-electron chi connectivity index (χ3n) is 4.45. The van der Waals surface area contributed by atoms with E-state index < -0.39 is 9.84 Å². The van der Waals surface area contributed by atoms with Crippen LogP contribution in [0.2, 0.25) is 5.02 Å². The van der Waals surface area contributed by atoms with Gasteiger partial charge in [-0.15, -0.1) is 0 Å². The number of sulfone groups is 1. The highest BCUT2D eigenvalue weighted by molar-refractivity contribution is 7.91. The van der Waals surface area contributed by atoms with E-state index in [2.05, 4.69) is 22.5 Å². The van der Waals surface area contributed by atoms with Crippen LogP contribution in [0.1, 0.15) is 37.8 Å². The number of benzene rings is 1. The molecule has 132 valence electrons. The van der Waals surface area contributed by atoms with Gasteiger partial charge in [0.05, 0.1) is 17.5 Å². The van der Waals surface area contributed by atoms with Crippen molar-refractivity contribution < 1.29 is 8.42 Å². The minimum Gasteiger partial charge on any atom is -0.354 e. The molecule has 0 radical (unpaired) electrons. The van der Waals surface area contributed by atoms with Gasteiger partial charge in [-0.1, -0.05) is 23.7 Å². The quantitative estimate of drug-likeness (QED) is 0.618. The van der Waals surface area contributed by atoms with E-state index in [4.69, 9.17) is 11.6 Å². The van der Waals surface area contributed by atoms with Gasteiger partial charge in [0, 0.05) is 17.6 Å². The fraction of sp³-hybridized carbons (Fsp3) is 0.588. The number of nitrogens with zero attached hydrogens (tertiary/aromatic N) is 1. The average molecular weight is 370 g/mol. The van der Waals surface area contributed by atoms with Crippen LogP contribution in [0.3, 0.4) is 0 Å². The third kappa shape index (κ3) is 5.11. The molecule has 1 aliphatic carbocycles. The standard InChI is InChI=1S/C17H24ClN3O2S/c1-12(14-3-2-4-15(18)9-14)20-17(21-16-5-6-16)19-10-13-7-8-24(22,23)11-13/h2-4,9,12-13,16H,5-8,10-11H2,1H3,(H2,19,20,21). The number of nitrogens with one attached hydrogen (secondary N) is 2. The van der Waals surface area contributed by atoms with E-state index >= 15 is 0 Å². The summed E-state index contributed by atoms with van der Waals surface area (Å²) in [5, 5.41) is 7.53. The molecule has 24 heavy (non-hydrogen) atoms. The monoisotopic (exact) mass is 369 g/mol. The molecule has 1 heterocycles. The smallest absolute Gasteiger partial charge is 0.191 e. The van der Waals surface area contributed by atoms with Crippen LogP contribution in [-0.4, -0.2) is 38.5 Å². The summed E-state index contributed by atoms with van der Waals surface area (Å²) in [5.41, 5.74) is 1.09. The zero-order chi connectivity index (χ0) is 17.2. The van der Waals surface area contributed by atoms with Crippen LogP contribution in [0.15, 0.2) is 29.3 Å². The van der Waals surface area contributed by atoms with E-state index in [0.29, 0.717) is 29.8 Å². The molecule has 1 aliphatic heterocycles. The summed E-state index contributed by atoms with van der Waals surface area (Å²) >= 11 is 6.06. The summed E-state index contributed by atoms with van der Waals surface area (Å²) in [6.45, 7) is 2.61. The molecular formula is C17H24ClN3O2S. The molecule has 2 atom stereocenters. The molecule has 3 rings (SSSR count). The molecule has 2 N–H and O–H groups in total. The van der Waals surface area contributed by atoms with Crippen molar-refractivity contribution in [3.63, 3.8) is 0 Å². The minimum absolute atomic E-state index is 0.0704. The van der Waals surface area contributed by atoms with Crippen molar-refractivity contribution in [2.45, 2.75) is 38.3 Å². The number of guanidine groups is 1. The average Bonchev–Trinajstić information content (AvgIpc) is 3.27. The summed E-state index contributed by atoms with van der Waals surface area (Å²) in [5.74, 6) is 1.45. The van der Waals surface area contributed by atoms with Crippen LogP contribution in [0.4, 0.5) is 0 Å². The Kier molecular flexibility index (Phi) is 5.35. The van der Waals surface area contributed by atoms with Gasteiger partial charge in [0.1, 0.15) is 0 Å². The van der Waals surface area contributed by atoms with Gasteiger partial charge in [0.2, 0.25) is 0 Å². The van der Waals surface area contributed by atoms with Gasteiger partial charge in [-0.2, -0.15) is 0 Å². The summed E-state index contributed by atoms with van der Waals surface area (Å²) < 4.78 is 23.2. The molecule has 1 saturated carbocycles. The molecule has 0 amide bonds. The Hall–Kier alpha value is -1.27. The Morgan fingerprint density at radius 1 is 1.38 bits per heavy atom. The lowest BCUT2D eigenvalue weighted by Crippen LogP contribution is -2.40. The highest BCUT2D eigenvalue weighted by atomic mass is 35.5. The van der Waals surface area contributed by atoms with E-state index in [0.717, 1.165) is 24.4 Å². The lowest BCUT2D eigenvalue weighted by molar-refractivity contribution is 0.587. The minimum atomic E-state index is -2.85. The van der Waals surface area contributed by atoms with Gasteiger partial charge in [0.25, 0.3) is 0 Å². The molecule has 2 fully saturated rings. The van der Waals surface area contributed by atoms with Crippen LogP contribution in [-0.2, 0) is 9.84 Å². The molecule has 2 aliphatic rings. The Balaban J connectivity index is 1.63. The summed E-state index contributed by atoms with van der Waals surface area (Å²) in [4.78, 5) is 4.64. The first-order valence-electron chi connectivity index (χ1n) is 8.45. The van der Waals surface area contributed by atoms with Crippen LogP contribution < -0.4 is 10.6 Å². The predicted molar refractivity (Wildman–Crippen MR) is 98.2 cm³/mol. The SMILES string of the molecule is CC(NC(=NCC1CCS(=O)(=O)C1)NC1CC1)c1cccc(Cl)c1. The molecule has 1 aromatic rings. The van der Waals surface area contributed by atoms with Crippen molar-refractivity contribution in [1.29, 1.82) is 0 Å². The summed E-state index contributed by atoms with van der Waals surface area (Å²) in [6.07, 6.45) is 3.03. The zero-order valence-corrected chi connectivity index (χ0v) is 15.4. The topological polar surface area (TPSA) is 70.6 Å². The first kappa shape index (κ1) is 17.5. The molecular weight excluding hydrogens is 346 g/mol. The normalized spacial score (nSPS) is 24.6. The molecule has 2 unspecified atom stereocenters. The molecule has 1 saturated heterocycles. The van der Waals surface area contributed by atoms with E-state index in [-0.39, 0.29) is 17.7 Å². The maximum absolute atomic E-state index is 11.6. The van der Waals surface area contributed by atoms with Crippen molar-refractivity contribution in [3.8, 4) is 0 Å². The maximum atomic E-state index is 11.6. The predicted octanol–water partition coefficient (Wildman–Crippen LogP) is 2.53. The lowest BCUT2D eigenvalue weighted by atomic mass is 10.1. The molecule has 0 spiro atoms. The van der Waals surface area contributed by atoms with Crippen molar-refractivity contribution >= 4 is 27.4 Å². The molecule has 5 nitrogen and oxygen atoms in total. The highest BCUT2D eigenvalue weighted by Crippen LogP contribution is 2.21.